The summed E-state index contributed by atoms with van der Waals surface area (Å²) >= 11 is 7.55. The maximum atomic E-state index is 5.89. The van der Waals surface area contributed by atoms with Gasteiger partial charge in [-0.2, -0.15) is 0 Å². The predicted octanol–water partition coefficient (Wildman–Crippen LogP) is 4.70. The van der Waals surface area contributed by atoms with Crippen molar-refractivity contribution in [3.63, 3.8) is 0 Å². The van der Waals surface area contributed by atoms with Gasteiger partial charge < -0.3 is 5.32 Å². The Kier molecular flexibility index (Phi) is 4.36. The van der Waals surface area contributed by atoms with Crippen molar-refractivity contribution in [3.8, 4) is 0 Å². The van der Waals surface area contributed by atoms with Crippen LogP contribution in [0, 0.1) is 6.92 Å². The number of halogens is 1. The molecule has 3 rings (SSSR count). The molecule has 108 valence electrons. The van der Waals surface area contributed by atoms with Gasteiger partial charge in [0.1, 0.15) is 17.0 Å². The summed E-state index contributed by atoms with van der Waals surface area (Å²) in [7, 11) is 0. The number of nitrogens with zero attached hydrogens (tertiary/aromatic N) is 2. The van der Waals surface area contributed by atoms with Crippen molar-refractivity contribution in [3.05, 3.63) is 52.1 Å². The molecule has 0 spiro atoms. The van der Waals surface area contributed by atoms with E-state index in [1.54, 1.807) is 17.7 Å². The van der Waals surface area contributed by atoms with Gasteiger partial charge in [0.05, 0.1) is 5.39 Å². The topological polar surface area (TPSA) is 37.8 Å². The standard InChI is InChI=1S/C16H16ClN3S/c1-11-9-21-16-14(11)15(19-10-20-16)18-8-2-3-12-4-6-13(17)7-5-12/h4-7,9-10H,2-3,8H2,1H3,(H,18,19,20). The second-order valence-electron chi connectivity index (χ2n) is 4.98. The summed E-state index contributed by atoms with van der Waals surface area (Å²) in [4.78, 5) is 9.71. The second kappa shape index (κ2) is 6.41. The number of hydrogen-bond donors (Lipinski definition) is 1. The monoisotopic (exact) mass is 317 g/mol. The molecule has 2 heterocycles. The third-order valence-electron chi connectivity index (χ3n) is 3.40. The van der Waals surface area contributed by atoms with Crippen molar-refractivity contribution in [2.24, 2.45) is 0 Å². The van der Waals surface area contributed by atoms with Crippen LogP contribution in [-0.2, 0) is 6.42 Å². The molecule has 21 heavy (non-hydrogen) atoms. The lowest BCUT2D eigenvalue weighted by Crippen LogP contribution is -2.05. The number of fused-ring (bicyclic) bond motifs is 1. The highest BCUT2D eigenvalue weighted by Crippen LogP contribution is 2.28. The minimum Gasteiger partial charge on any atom is -0.369 e. The lowest BCUT2D eigenvalue weighted by Gasteiger charge is -2.07. The second-order valence-corrected chi connectivity index (χ2v) is 6.27. The highest BCUT2D eigenvalue weighted by molar-refractivity contribution is 7.17. The van der Waals surface area contributed by atoms with Gasteiger partial charge in [-0.15, -0.1) is 11.3 Å². The molecule has 0 fully saturated rings. The van der Waals surface area contributed by atoms with E-state index in [9.17, 15) is 0 Å². The van der Waals surface area contributed by atoms with Gasteiger partial charge in [-0.1, -0.05) is 23.7 Å². The van der Waals surface area contributed by atoms with Gasteiger partial charge in [0, 0.05) is 11.6 Å². The van der Waals surface area contributed by atoms with E-state index >= 15 is 0 Å². The average molecular weight is 318 g/mol. The van der Waals surface area contributed by atoms with Gasteiger partial charge >= 0.3 is 0 Å². The number of benzene rings is 1. The molecular formula is C16H16ClN3S. The Hall–Kier alpha value is -1.65. The minimum absolute atomic E-state index is 0.785. The summed E-state index contributed by atoms with van der Waals surface area (Å²) in [6, 6.07) is 8.03. The Bertz CT molecular complexity index is 737. The Morgan fingerprint density at radius 2 is 2.00 bits per heavy atom. The van der Waals surface area contributed by atoms with Crippen LogP contribution in [0.1, 0.15) is 17.5 Å². The molecule has 0 aliphatic rings. The summed E-state index contributed by atoms with van der Waals surface area (Å²) in [6.07, 6.45) is 3.71. The van der Waals surface area contributed by atoms with Gasteiger partial charge in [0.25, 0.3) is 0 Å². The van der Waals surface area contributed by atoms with Crippen LogP contribution in [0.25, 0.3) is 10.2 Å². The third kappa shape index (κ3) is 3.34. The van der Waals surface area contributed by atoms with Crippen LogP contribution < -0.4 is 5.32 Å². The Morgan fingerprint density at radius 1 is 1.19 bits per heavy atom. The molecule has 0 bridgehead atoms. The van der Waals surface area contributed by atoms with Gasteiger partial charge in [-0.3, -0.25) is 0 Å². The Balaban J connectivity index is 1.59. The van der Waals surface area contributed by atoms with E-state index in [0.29, 0.717) is 0 Å². The van der Waals surface area contributed by atoms with Crippen molar-refractivity contribution >= 4 is 39.0 Å². The molecular weight excluding hydrogens is 302 g/mol. The van der Waals surface area contributed by atoms with E-state index in [0.717, 1.165) is 40.4 Å². The first kappa shape index (κ1) is 14.3. The van der Waals surface area contributed by atoms with E-state index in [2.05, 4.69) is 39.7 Å². The summed E-state index contributed by atoms with van der Waals surface area (Å²) in [5.74, 6) is 0.940. The summed E-state index contributed by atoms with van der Waals surface area (Å²) in [5, 5.41) is 7.48. The number of aryl methyl sites for hydroxylation is 2. The van der Waals surface area contributed by atoms with Gasteiger partial charge in [-0.05, 0) is 48.4 Å². The zero-order valence-corrected chi connectivity index (χ0v) is 13.3. The number of hydrogen-bond acceptors (Lipinski definition) is 4. The van der Waals surface area contributed by atoms with Crippen molar-refractivity contribution in [1.29, 1.82) is 0 Å². The zero-order chi connectivity index (χ0) is 14.7. The number of aromatic nitrogens is 2. The lowest BCUT2D eigenvalue weighted by atomic mass is 10.1. The van der Waals surface area contributed by atoms with Crippen LogP contribution in [0.4, 0.5) is 5.82 Å². The van der Waals surface area contributed by atoms with Crippen LogP contribution in [0.2, 0.25) is 5.02 Å². The van der Waals surface area contributed by atoms with E-state index in [1.807, 2.05) is 12.1 Å². The first-order valence-corrected chi connectivity index (χ1v) is 8.17. The Labute approximate surface area is 133 Å². The molecule has 2 aromatic heterocycles. The lowest BCUT2D eigenvalue weighted by molar-refractivity contribution is 0.859. The molecule has 1 N–H and O–H groups in total. The number of anilines is 1. The fraction of sp³-hybridized carbons (Fsp3) is 0.250. The molecule has 0 aliphatic carbocycles. The fourth-order valence-electron chi connectivity index (χ4n) is 2.30. The summed E-state index contributed by atoms with van der Waals surface area (Å²) in [5.41, 5.74) is 2.54. The largest absolute Gasteiger partial charge is 0.369 e. The molecule has 0 aliphatic heterocycles. The molecule has 3 nitrogen and oxygen atoms in total. The molecule has 0 amide bonds. The van der Waals surface area contributed by atoms with Crippen molar-refractivity contribution < 1.29 is 0 Å². The Morgan fingerprint density at radius 3 is 2.81 bits per heavy atom. The smallest absolute Gasteiger partial charge is 0.138 e. The maximum Gasteiger partial charge on any atom is 0.138 e. The number of rotatable bonds is 5. The predicted molar refractivity (Wildman–Crippen MR) is 90.4 cm³/mol. The fourth-order valence-corrected chi connectivity index (χ4v) is 3.32. The third-order valence-corrected chi connectivity index (χ3v) is 4.66. The number of nitrogens with one attached hydrogen (secondary N) is 1. The van der Waals surface area contributed by atoms with Crippen LogP contribution in [0.5, 0.6) is 0 Å². The van der Waals surface area contributed by atoms with Crippen molar-refractivity contribution in [1.82, 2.24) is 9.97 Å². The molecule has 0 radical (unpaired) electrons. The first-order chi connectivity index (χ1) is 10.2. The molecule has 0 atom stereocenters. The van der Waals surface area contributed by atoms with E-state index < -0.39 is 0 Å². The summed E-state index contributed by atoms with van der Waals surface area (Å²) < 4.78 is 0. The molecule has 5 heteroatoms. The van der Waals surface area contributed by atoms with E-state index in [4.69, 9.17) is 11.6 Å². The molecule has 3 aromatic rings. The van der Waals surface area contributed by atoms with Gasteiger partial charge in [0.15, 0.2) is 0 Å². The zero-order valence-electron chi connectivity index (χ0n) is 11.8. The van der Waals surface area contributed by atoms with Gasteiger partial charge in [0.2, 0.25) is 0 Å². The normalized spacial score (nSPS) is 11.0. The molecule has 1 aromatic carbocycles. The maximum absolute atomic E-state index is 5.89. The van der Waals surface area contributed by atoms with E-state index in [-0.39, 0.29) is 0 Å². The van der Waals surface area contributed by atoms with Gasteiger partial charge in [-0.25, -0.2) is 9.97 Å². The van der Waals surface area contributed by atoms with Crippen LogP contribution in [0.3, 0.4) is 0 Å². The van der Waals surface area contributed by atoms with Crippen LogP contribution in [-0.4, -0.2) is 16.5 Å². The SMILES string of the molecule is Cc1csc2ncnc(NCCCc3ccc(Cl)cc3)c12. The van der Waals surface area contributed by atoms with E-state index in [1.165, 1.54) is 11.1 Å². The number of thiophene rings is 1. The molecule has 0 saturated heterocycles. The van der Waals surface area contributed by atoms with Crippen molar-refractivity contribution in [2.45, 2.75) is 19.8 Å². The summed E-state index contributed by atoms with van der Waals surface area (Å²) in [6.45, 7) is 2.99. The highest BCUT2D eigenvalue weighted by atomic mass is 35.5. The van der Waals surface area contributed by atoms with Crippen LogP contribution >= 0.6 is 22.9 Å². The minimum atomic E-state index is 0.785. The molecule has 0 saturated carbocycles. The van der Waals surface area contributed by atoms with Crippen molar-refractivity contribution in [2.75, 3.05) is 11.9 Å². The quantitative estimate of drug-likeness (QED) is 0.693. The highest BCUT2D eigenvalue weighted by Gasteiger charge is 2.07. The first-order valence-electron chi connectivity index (χ1n) is 6.91. The average Bonchev–Trinajstić information content (AvgIpc) is 2.88. The van der Waals surface area contributed by atoms with Crippen LogP contribution in [0.15, 0.2) is 36.0 Å². The molecule has 0 unspecified atom stereocenters.